The minimum atomic E-state index is -0.468. The molecule has 3 rings (SSSR count). The molecule has 2 aromatic carbocycles. The van der Waals surface area contributed by atoms with Gasteiger partial charge < -0.3 is 9.40 Å². The SMILES string of the molecule is O=[N+]([O-])c1ccc(-n2cccc2/C=N\OCc2cccc([N+](=O)[O-])c2)cc1. The van der Waals surface area contributed by atoms with Gasteiger partial charge in [0.15, 0.2) is 0 Å². The summed E-state index contributed by atoms with van der Waals surface area (Å²) in [5.41, 5.74) is 2.09. The number of nitrogens with zero attached hydrogens (tertiary/aromatic N) is 4. The Morgan fingerprint density at radius 3 is 2.41 bits per heavy atom. The van der Waals surface area contributed by atoms with Gasteiger partial charge in [0.25, 0.3) is 11.4 Å². The number of non-ortho nitro benzene ring substituents is 2. The molecule has 0 aliphatic heterocycles. The molecular formula is C18H14N4O5. The highest BCUT2D eigenvalue weighted by molar-refractivity contribution is 5.78. The van der Waals surface area contributed by atoms with Gasteiger partial charge >= 0.3 is 0 Å². The molecular weight excluding hydrogens is 352 g/mol. The molecule has 9 heteroatoms. The molecule has 0 unspecified atom stereocenters. The first-order chi connectivity index (χ1) is 13.0. The number of oxime groups is 1. The minimum absolute atomic E-state index is 0.00729. The molecule has 0 N–H and O–H groups in total. The Labute approximate surface area is 153 Å². The van der Waals surface area contributed by atoms with Crippen LogP contribution in [0, 0.1) is 20.2 Å². The van der Waals surface area contributed by atoms with Crippen molar-refractivity contribution in [3.05, 3.63) is 98.3 Å². The maximum absolute atomic E-state index is 10.8. The second-order valence-electron chi connectivity index (χ2n) is 5.51. The van der Waals surface area contributed by atoms with Crippen LogP contribution in [0.1, 0.15) is 11.3 Å². The number of hydrogen-bond acceptors (Lipinski definition) is 6. The summed E-state index contributed by atoms with van der Waals surface area (Å²) >= 11 is 0. The van der Waals surface area contributed by atoms with Gasteiger partial charge in [-0.2, -0.15) is 0 Å². The minimum Gasteiger partial charge on any atom is -0.391 e. The molecule has 1 aromatic heterocycles. The first kappa shape index (κ1) is 17.8. The average molecular weight is 366 g/mol. The quantitative estimate of drug-likeness (QED) is 0.358. The van der Waals surface area contributed by atoms with Gasteiger partial charge in [0.2, 0.25) is 0 Å². The molecule has 0 saturated heterocycles. The van der Waals surface area contributed by atoms with Crippen molar-refractivity contribution in [2.45, 2.75) is 6.61 Å². The van der Waals surface area contributed by atoms with Gasteiger partial charge in [-0.25, -0.2) is 0 Å². The van der Waals surface area contributed by atoms with Gasteiger partial charge in [-0.05, 0) is 29.8 Å². The van der Waals surface area contributed by atoms with Gasteiger partial charge in [0.1, 0.15) is 6.61 Å². The van der Waals surface area contributed by atoms with E-state index in [-0.39, 0.29) is 18.0 Å². The molecule has 1 heterocycles. The van der Waals surface area contributed by atoms with Crippen molar-refractivity contribution in [2.24, 2.45) is 5.16 Å². The third-order valence-corrected chi connectivity index (χ3v) is 3.73. The fraction of sp³-hybridized carbons (Fsp3) is 0.0556. The normalized spacial score (nSPS) is 10.8. The predicted octanol–water partition coefficient (Wildman–Crippen LogP) is 3.84. The molecule has 0 atom stereocenters. The van der Waals surface area contributed by atoms with Crippen LogP contribution >= 0.6 is 0 Å². The first-order valence-electron chi connectivity index (χ1n) is 7.85. The number of nitro groups is 2. The fourth-order valence-corrected chi connectivity index (χ4v) is 2.43. The third-order valence-electron chi connectivity index (χ3n) is 3.73. The summed E-state index contributed by atoms with van der Waals surface area (Å²) in [5.74, 6) is 0. The number of nitro benzene ring substituents is 2. The highest BCUT2D eigenvalue weighted by Gasteiger charge is 2.07. The molecule has 0 spiro atoms. The summed E-state index contributed by atoms with van der Waals surface area (Å²) in [4.78, 5) is 25.8. The zero-order valence-electron chi connectivity index (χ0n) is 14.0. The van der Waals surface area contributed by atoms with Crippen LogP contribution in [0.3, 0.4) is 0 Å². The van der Waals surface area contributed by atoms with Crippen molar-refractivity contribution in [2.75, 3.05) is 0 Å². The van der Waals surface area contributed by atoms with Crippen molar-refractivity contribution < 1.29 is 14.7 Å². The van der Waals surface area contributed by atoms with Crippen LogP contribution < -0.4 is 0 Å². The van der Waals surface area contributed by atoms with Crippen molar-refractivity contribution in [3.63, 3.8) is 0 Å². The monoisotopic (exact) mass is 366 g/mol. The molecule has 0 fully saturated rings. The first-order valence-corrected chi connectivity index (χ1v) is 7.85. The Morgan fingerprint density at radius 2 is 1.70 bits per heavy atom. The van der Waals surface area contributed by atoms with Crippen LogP contribution in [-0.4, -0.2) is 20.6 Å². The second-order valence-corrected chi connectivity index (χ2v) is 5.51. The maximum atomic E-state index is 10.8. The van der Waals surface area contributed by atoms with E-state index in [1.54, 1.807) is 35.0 Å². The van der Waals surface area contributed by atoms with Crippen LogP contribution in [0.15, 0.2) is 72.0 Å². The molecule has 0 aliphatic carbocycles. The smallest absolute Gasteiger partial charge is 0.269 e. The van der Waals surface area contributed by atoms with E-state index in [2.05, 4.69) is 5.16 Å². The average Bonchev–Trinajstić information content (AvgIpc) is 3.14. The molecule has 9 nitrogen and oxygen atoms in total. The van der Waals surface area contributed by atoms with Gasteiger partial charge in [-0.1, -0.05) is 17.3 Å². The summed E-state index contributed by atoms with van der Waals surface area (Å²) in [6, 6.07) is 15.9. The topological polar surface area (TPSA) is 113 Å². The lowest BCUT2D eigenvalue weighted by Crippen LogP contribution is -1.99. The summed E-state index contributed by atoms with van der Waals surface area (Å²) < 4.78 is 1.80. The van der Waals surface area contributed by atoms with E-state index >= 15 is 0 Å². The van der Waals surface area contributed by atoms with Gasteiger partial charge in [0, 0.05) is 36.1 Å². The Balaban J connectivity index is 1.67. The Hall–Kier alpha value is -4.01. The van der Waals surface area contributed by atoms with Crippen LogP contribution in [0.5, 0.6) is 0 Å². The van der Waals surface area contributed by atoms with Gasteiger partial charge in [-0.15, -0.1) is 0 Å². The van der Waals surface area contributed by atoms with Crippen molar-refractivity contribution in [1.29, 1.82) is 0 Å². The van der Waals surface area contributed by atoms with Crippen LogP contribution in [0.25, 0.3) is 5.69 Å². The zero-order valence-corrected chi connectivity index (χ0v) is 14.0. The number of rotatable bonds is 7. The van der Waals surface area contributed by atoms with Gasteiger partial charge in [0.05, 0.1) is 21.8 Å². The van der Waals surface area contributed by atoms with Crippen molar-refractivity contribution in [1.82, 2.24) is 4.57 Å². The number of hydrogen-bond donors (Lipinski definition) is 0. The molecule has 0 aliphatic rings. The summed E-state index contributed by atoms with van der Waals surface area (Å²) in [5, 5.41) is 25.4. The zero-order chi connectivity index (χ0) is 19.2. The second kappa shape index (κ2) is 7.91. The summed E-state index contributed by atoms with van der Waals surface area (Å²) in [6.07, 6.45) is 3.29. The standard InChI is InChI=1S/C18H14N4O5/c23-21(24)16-8-6-15(7-9-16)20-10-2-5-18(20)12-19-27-13-14-3-1-4-17(11-14)22(25)26/h1-12H,13H2/b19-12-. The maximum Gasteiger partial charge on any atom is 0.269 e. The lowest BCUT2D eigenvalue weighted by atomic mass is 10.2. The molecule has 0 saturated carbocycles. The Bertz CT molecular complexity index is 995. The van der Waals surface area contributed by atoms with Crippen molar-refractivity contribution >= 4 is 17.6 Å². The lowest BCUT2D eigenvalue weighted by Gasteiger charge is -2.06. The van der Waals surface area contributed by atoms with E-state index in [9.17, 15) is 20.2 Å². The number of benzene rings is 2. The molecule has 27 heavy (non-hydrogen) atoms. The molecule has 136 valence electrons. The molecule has 0 radical (unpaired) electrons. The molecule has 3 aromatic rings. The predicted molar refractivity (Wildman–Crippen MR) is 97.9 cm³/mol. The molecule has 0 amide bonds. The van der Waals surface area contributed by atoms with E-state index in [0.29, 0.717) is 11.3 Å². The summed E-state index contributed by atoms with van der Waals surface area (Å²) in [6.45, 7) is 0.0937. The Morgan fingerprint density at radius 1 is 0.963 bits per heavy atom. The van der Waals surface area contributed by atoms with Crippen LogP contribution in [0.4, 0.5) is 11.4 Å². The third kappa shape index (κ3) is 4.34. The van der Waals surface area contributed by atoms with Crippen molar-refractivity contribution in [3.8, 4) is 5.69 Å². The Kier molecular flexibility index (Phi) is 5.22. The van der Waals surface area contributed by atoms with Crippen LogP contribution in [-0.2, 0) is 11.4 Å². The molecule has 0 bridgehead atoms. The highest BCUT2D eigenvalue weighted by atomic mass is 16.6. The van der Waals surface area contributed by atoms with E-state index in [1.165, 1.54) is 30.5 Å². The van der Waals surface area contributed by atoms with Crippen LogP contribution in [0.2, 0.25) is 0 Å². The van der Waals surface area contributed by atoms with E-state index < -0.39 is 9.85 Å². The van der Waals surface area contributed by atoms with E-state index in [0.717, 1.165) is 5.69 Å². The van der Waals surface area contributed by atoms with E-state index in [4.69, 9.17) is 4.84 Å². The highest BCUT2D eigenvalue weighted by Crippen LogP contribution is 2.17. The van der Waals surface area contributed by atoms with E-state index in [1.807, 2.05) is 12.1 Å². The largest absolute Gasteiger partial charge is 0.391 e. The fourth-order valence-electron chi connectivity index (χ4n) is 2.43. The lowest BCUT2D eigenvalue weighted by molar-refractivity contribution is -0.385. The van der Waals surface area contributed by atoms with Gasteiger partial charge in [-0.3, -0.25) is 20.2 Å². The number of aromatic nitrogens is 1. The summed E-state index contributed by atoms with van der Waals surface area (Å²) in [7, 11) is 0.